The van der Waals surface area contributed by atoms with Crippen molar-refractivity contribution in [1.29, 1.82) is 0 Å². The number of ether oxygens (including phenoxy) is 3. The van der Waals surface area contributed by atoms with Crippen LogP contribution in [0, 0.1) is 0 Å². The molecule has 1 aromatic carbocycles. The SMILES string of the molecule is CCC(=O)N1CCC(Oc2ccc3c(c2)N(c2ccc(OC)nc2)CCO3)C1. The van der Waals surface area contributed by atoms with E-state index in [2.05, 4.69) is 9.88 Å². The van der Waals surface area contributed by atoms with E-state index in [4.69, 9.17) is 14.2 Å². The van der Waals surface area contributed by atoms with Crippen molar-refractivity contribution in [2.75, 3.05) is 38.3 Å². The van der Waals surface area contributed by atoms with Crippen molar-refractivity contribution < 1.29 is 19.0 Å². The zero-order valence-corrected chi connectivity index (χ0v) is 16.3. The van der Waals surface area contributed by atoms with E-state index in [9.17, 15) is 4.79 Å². The molecule has 1 atom stereocenters. The summed E-state index contributed by atoms with van der Waals surface area (Å²) in [6.45, 7) is 4.63. The number of carbonyl (C=O) groups is 1. The molecular formula is C21H25N3O4. The minimum atomic E-state index is 0.0224. The van der Waals surface area contributed by atoms with Crippen LogP contribution in [0.3, 0.4) is 0 Å². The number of fused-ring (bicyclic) bond motifs is 1. The van der Waals surface area contributed by atoms with Crippen LogP contribution in [0.15, 0.2) is 36.5 Å². The Morgan fingerprint density at radius 3 is 2.93 bits per heavy atom. The molecule has 2 aliphatic heterocycles. The number of nitrogens with zero attached hydrogens (tertiary/aromatic N) is 3. The van der Waals surface area contributed by atoms with E-state index >= 15 is 0 Å². The van der Waals surface area contributed by atoms with Crippen LogP contribution in [0.4, 0.5) is 11.4 Å². The summed E-state index contributed by atoms with van der Waals surface area (Å²) in [5.74, 6) is 2.37. The summed E-state index contributed by atoms with van der Waals surface area (Å²) in [6, 6.07) is 9.71. The topological polar surface area (TPSA) is 64.1 Å². The number of amides is 1. The van der Waals surface area contributed by atoms with E-state index in [1.54, 1.807) is 13.3 Å². The van der Waals surface area contributed by atoms with Gasteiger partial charge in [-0.05, 0) is 18.2 Å². The van der Waals surface area contributed by atoms with E-state index in [0.717, 1.165) is 42.4 Å². The van der Waals surface area contributed by atoms with Gasteiger partial charge in [-0.25, -0.2) is 4.98 Å². The monoisotopic (exact) mass is 383 g/mol. The lowest BCUT2D eigenvalue weighted by Gasteiger charge is -2.31. The van der Waals surface area contributed by atoms with Crippen molar-refractivity contribution >= 4 is 17.3 Å². The molecule has 0 saturated carbocycles. The van der Waals surface area contributed by atoms with Gasteiger partial charge in [0.25, 0.3) is 0 Å². The van der Waals surface area contributed by atoms with Gasteiger partial charge in [-0.1, -0.05) is 6.92 Å². The van der Waals surface area contributed by atoms with Crippen LogP contribution >= 0.6 is 0 Å². The molecule has 2 aliphatic rings. The number of benzene rings is 1. The first-order valence-electron chi connectivity index (χ1n) is 9.66. The van der Waals surface area contributed by atoms with E-state index < -0.39 is 0 Å². The highest BCUT2D eigenvalue weighted by atomic mass is 16.5. The predicted molar refractivity (Wildman–Crippen MR) is 106 cm³/mol. The van der Waals surface area contributed by atoms with Crippen LogP contribution in [0.1, 0.15) is 19.8 Å². The minimum absolute atomic E-state index is 0.0224. The van der Waals surface area contributed by atoms with Crippen LogP contribution in [-0.4, -0.2) is 55.2 Å². The highest BCUT2D eigenvalue weighted by molar-refractivity contribution is 5.76. The fourth-order valence-corrected chi connectivity index (χ4v) is 3.66. The first-order chi connectivity index (χ1) is 13.7. The first-order valence-corrected chi connectivity index (χ1v) is 9.66. The smallest absolute Gasteiger partial charge is 0.222 e. The Morgan fingerprint density at radius 1 is 1.29 bits per heavy atom. The van der Waals surface area contributed by atoms with Gasteiger partial charge in [0.1, 0.15) is 24.2 Å². The Morgan fingerprint density at radius 2 is 2.18 bits per heavy atom. The summed E-state index contributed by atoms with van der Waals surface area (Å²) in [5, 5.41) is 0. The molecule has 1 amide bonds. The zero-order chi connectivity index (χ0) is 19.5. The van der Waals surface area contributed by atoms with Gasteiger partial charge in [0.2, 0.25) is 11.8 Å². The van der Waals surface area contributed by atoms with Crippen molar-refractivity contribution in [3.63, 3.8) is 0 Å². The van der Waals surface area contributed by atoms with Gasteiger partial charge >= 0.3 is 0 Å². The molecule has 1 saturated heterocycles. The molecule has 2 aromatic rings. The Bertz CT molecular complexity index is 840. The van der Waals surface area contributed by atoms with Crippen LogP contribution < -0.4 is 19.1 Å². The largest absolute Gasteiger partial charge is 0.490 e. The Hall–Kier alpha value is -2.96. The maximum Gasteiger partial charge on any atom is 0.222 e. The Labute approximate surface area is 164 Å². The number of rotatable bonds is 5. The number of likely N-dealkylation sites (tertiary alicyclic amines) is 1. The Kier molecular flexibility index (Phi) is 5.23. The molecule has 0 aliphatic carbocycles. The Balaban J connectivity index is 1.52. The first kappa shape index (κ1) is 18.4. The van der Waals surface area contributed by atoms with Crippen LogP contribution in [0.25, 0.3) is 0 Å². The van der Waals surface area contributed by atoms with Crippen LogP contribution in [0.5, 0.6) is 17.4 Å². The molecule has 0 N–H and O–H groups in total. The molecular weight excluding hydrogens is 358 g/mol. The summed E-state index contributed by atoms with van der Waals surface area (Å²) in [4.78, 5) is 20.2. The number of hydrogen-bond donors (Lipinski definition) is 0. The fourth-order valence-electron chi connectivity index (χ4n) is 3.66. The van der Waals surface area contributed by atoms with E-state index in [0.29, 0.717) is 25.5 Å². The number of aromatic nitrogens is 1. The second-order valence-corrected chi connectivity index (χ2v) is 6.91. The van der Waals surface area contributed by atoms with Gasteiger partial charge in [-0.2, -0.15) is 0 Å². The average Bonchev–Trinajstić information content (AvgIpc) is 3.21. The molecule has 0 spiro atoms. The lowest BCUT2D eigenvalue weighted by Crippen LogP contribution is -2.30. The molecule has 3 heterocycles. The molecule has 28 heavy (non-hydrogen) atoms. The quantitative estimate of drug-likeness (QED) is 0.791. The summed E-state index contributed by atoms with van der Waals surface area (Å²) in [7, 11) is 1.61. The maximum atomic E-state index is 11.9. The maximum absolute atomic E-state index is 11.9. The van der Waals surface area contributed by atoms with E-state index in [1.165, 1.54) is 0 Å². The number of hydrogen-bond acceptors (Lipinski definition) is 6. The van der Waals surface area contributed by atoms with E-state index in [-0.39, 0.29) is 12.0 Å². The molecule has 7 heteroatoms. The standard InChI is InChI=1S/C21H25N3O4/c1-3-21(25)23-9-8-17(14-23)28-16-5-6-19-18(12-16)24(10-11-27-19)15-4-7-20(26-2)22-13-15/h4-7,12-13,17H,3,8-11,14H2,1-2H3. The molecule has 1 aromatic heterocycles. The lowest BCUT2D eigenvalue weighted by atomic mass is 10.2. The van der Waals surface area contributed by atoms with Gasteiger partial charge in [0.15, 0.2) is 0 Å². The van der Waals surface area contributed by atoms with Crippen molar-refractivity contribution in [3.8, 4) is 17.4 Å². The van der Waals surface area contributed by atoms with Gasteiger partial charge in [0.05, 0.1) is 37.8 Å². The van der Waals surface area contributed by atoms with Crippen molar-refractivity contribution in [3.05, 3.63) is 36.5 Å². The molecule has 7 nitrogen and oxygen atoms in total. The summed E-state index contributed by atoms with van der Waals surface area (Å²) < 4.78 is 17.1. The van der Waals surface area contributed by atoms with Crippen LogP contribution in [-0.2, 0) is 4.79 Å². The number of carbonyl (C=O) groups excluding carboxylic acids is 1. The van der Waals surface area contributed by atoms with E-state index in [1.807, 2.05) is 42.2 Å². The second-order valence-electron chi connectivity index (χ2n) is 6.91. The number of methoxy groups -OCH3 is 1. The molecule has 148 valence electrons. The third-order valence-corrected chi connectivity index (χ3v) is 5.14. The highest BCUT2D eigenvalue weighted by Crippen LogP contribution is 2.39. The second kappa shape index (κ2) is 7.96. The molecule has 0 radical (unpaired) electrons. The van der Waals surface area contributed by atoms with Crippen molar-refractivity contribution in [2.24, 2.45) is 0 Å². The zero-order valence-electron chi connectivity index (χ0n) is 16.3. The lowest BCUT2D eigenvalue weighted by molar-refractivity contribution is -0.130. The van der Waals surface area contributed by atoms with Gasteiger partial charge in [-0.3, -0.25) is 4.79 Å². The van der Waals surface area contributed by atoms with Gasteiger partial charge in [-0.15, -0.1) is 0 Å². The molecule has 1 fully saturated rings. The third-order valence-electron chi connectivity index (χ3n) is 5.14. The predicted octanol–water partition coefficient (Wildman–Crippen LogP) is 3.01. The summed E-state index contributed by atoms with van der Waals surface area (Å²) in [5.41, 5.74) is 1.93. The normalized spacial score (nSPS) is 18.4. The highest BCUT2D eigenvalue weighted by Gasteiger charge is 2.27. The fraction of sp³-hybridized carbons (Fsp3) is 0.429. The molecule has 1 unspecified atom stereocenters. The average molecular weight is 383 g/mol. The van der Waals surface area contributed by atoms with Gasteiger partial charge in [0, 0.05) is 31.5 Å². The summed E-state index contributed by atoms with van der Waals surface area (Å²) in [6.07, 6.45) is 3.21. The number of anilines is 2. The summed E-state index contributed by atoms with van der Waals surface area (Å²) >= 11 is 0. The minimum Gasteiger partial charge on any atom is -0.490 e. The van der Waals surface area contributed by atoms with Crippen molar-refractivity contribution in [1.82, 2.24) is 9.88 Å². The molecule has 0 bridgehead atoms. The van der Waals surface area contributed by atoms with Gasteiger partial charge < -0.3 is 24.0 Å². The van der Waals surface area contributed by atoms with Crippen molar-refractivity contribution in [2.45, 2.75) is 25.9 Å². The third kappa shape index (κ3) is 3.69. The van der Waals surface area contributed by atoms with Crippen LogP contribution in [0.2, 0.25) is 0 Å². The molecule has 4 rings (SSSR count). The number of pyridine rings is 1.